The molecule has 1 aromatic carbocycles. The number of aromatic nitrogens is 3. The fourth-order valence-corrected chi connectivity index (χ4v) is 8.22. The largest absolute Gasteiger partial charge is 0.478 e. The molecule has 7 rings (SSSR count). The number of amides is 1. The van der Waals surface area contributed by atoms with Crippen LogP contribution in [-0.2, 0) is 6.42 Å². The highest BCUT2D eigenvalue weighted by atomic mass is 19.1. The van der Waals surface area contributed by atoms with Crippen LogP contribution in [0.5, 0.6) is 0 Å². The highest BCUT2D eigenvalue weighted by molar-refractivity contribution is 6.04. The molecule has 4 bridgehead atoms. The molecule has 4 aliphatic carbocycles. The van der Waals surface area contributed by atoms with Crippen molar-refractivity contribution in [2.75, 3.05) is 5.32 Å². The van der Waals surface area contributed by atoms with Crippen LogP contribution >= 0.6 is 0 Å². The molecule has 2 aromatic heterocycles. The average Bonchev–Trinajstić information content (AvgIpc) is 3.26. The number of H-pyrrole nitrogens is 1. The molecule has 4 fully saturated rings. The predicted octanol–water partition coefficient (Wildman–Crippen LogP) is 6.64. The minimum atomic E-state index is -1.39. The van der Waals surface area contributed by atoms with E-state index in [1.165, 1.54) is 44.6 Å². The summed E-state index contributed by atoms with van der Waals surface area (Å²) < 4.78 is 13.9. The van der Waals surface area contributed by atoms with E-state index in [0.717, 1.165) is 64.5 Å². The first-order valence-electron chi connectivity index (χ1n) is 14.0. The zero-order valence-electron chi connectivity index (χ0n) is 22.7. The number of carboxylic acids is 1. The summed E-state index contributed by atoms with van der Waals surface area (Å²) in [6, 6.07) is 5.55. The SMILES string of the molecule is Cc1cc(C)c(-c2nc(C(=O)Nc3ccc(F)c(C(=O)O)c3)c(CCC34CC5CC(CC(C5)C3)C4)[nH]2)c(C)n1. The number of aromatic amines is 1. The number of imidazole rings is 1. The van der Waals surface area contributed by atoms with Crippen molar-refractivity contribution in [3.05, 3.63) is 64.0 Å². The second-order valence-corrected chi connectivity index (χ2v) is 12.3. The molecule has 8 heteroatoms. The minimum absolute atomic E-state index is 0.208. The number of benzene rings is 1. The summed E-state index contributed by atoms with van der Waals surface area (Å²) in [5, 5.41) is 12.0. The summed E-state index contributed by atoms with van der Waals surface area (Å²) in [6.45, 7) is 5.91. The maximum Gasteiger partial charge on any atom is 0.338 e. The highest BCUT2D eigenvalue weighted by Gasteiger charge is 2.50. The van der Waals surface area contributed by atoms with Gasteiger partial charge in [0.2, 0.25) is 0 Å². The van der Waals surface area contributed by atoms with Gasteiger partial charge in [0.05, 0.1) is 5.56 Å². The Balaban J connectivity index is 1.32. The molecule has 0 atom stereocenters. The van der Waals surface area contributed by atoms with Crippen molar-refractivity contribution in [1.29, 1.82) is 0 Å². The second kappa shape index (κ2) is 9.57. The Morgan fingerprint density at radius 2 is 1.72 bits per heavy atom. The van der Waals surface area contributed by atoms with Gasteiger partial charge in [0, 0.05) is 28.3 Å². The molecule has 0 radical (unpaired) electrons. The van der Waals surface area contributed by atoms with Crippen LogP contribution in [0.2, 0.25) is 0 Å². The molecular formula is C31H35FN4O3. The van der Waals surface area contributed by atoms with E-state index in [0.29, 0.717) is 17.7 Å². The topological polar surface area (TPSA) is 108 Å². The van der Waals surface area contributed by atoms with E-state index < -0.39 is 23.3 Å². The maximum atomic E-state index is 13.9. The van der Waals surface area contributed by atoms with Crippen molar-refractivity contribution >= 4 is 17.6 Å². The number of rotatable bonds is 7. The van der Waals surface area contributed by atoms with E-state index >= 15 is 0 Å². The molecule has 3 aromatic rings. The molecular weight excluding hydrogens is 495 g/mol. The Bertz CT molecular complexity index is 1420. The number of anilines is 1. The number of hydrogen-bond acceptors (Lipinski definition) is 4. The van der Waals surface area contributed by atoms with Crippen molar-refractivity contribution in [2.45, 2.75) is 72.1 Å². The summed E-state index contributed by atoms with van der Waals surface area (Å²) in [5.41, 5.74) is 4.79. The number of pyridine rings is 1. The molecule has 4 aliphatic rings. The lowest BCUT2D eigenvalue weighted by molar-refractivity contribution is -0.0570. The van der Waals surface area contributed by atoms with Gasteiger partial charge in [-0.1, -0.05) is 0 Å². The molecule has 4 saturated carbocycles. The molecule has 2 heterocycles. The lowest BCUT2D eigenvalue weighted by Crippen LogP contribution is -2.46. The van der Waals surface area contributed by atoms with E-state index in [4.69, 9.17) is 4.98 Å². The van der Waals surface area contributed by atoms with Gasteiger partial charge in [0.1, 0.15) is 17.3 Å². The van der Waals surface area contributed by atoms with Gasteiger partial charge in [-0.05, 0) is 125 Å². The van der Waals surface area contributed by atoms with Gasteiger partial charge in [-0.15, -0.1) is 0 Å². The van der Waals surface area contributed by atoms with Gasteiger partial charge >= 0.3 is 5.97 Å². The fraction of sp³-hybridized carbons (Fsp3) is 0.484. The monoisotopic (exact) mass is 530 g/mol. The normalized spacial score (nSPS) is 25.2. The lowest BCUT2D eigenvalue weighted by atomic mass is 9.48. The van der Waals surface area contributed by atoms with Crippen LogP contribution in [0, 0.1) is 49.8 Å². The van der Waals surface area contributed by atoms with Gasteiger partial charge in [-0.3, -0.25) is 9.78 Å². The Morgan fingerprint density at radius 3 is 2.33 bits per heavy atom. The number of nitrogens with one attached hydrogen (secondary N) is 2. The summed E-state index contributed by atoms with van der Waals surface area (Å²) in [4.78, 5) is 37.8. The van der Waals surface area contributed by atoms with Crippen LogP contribution in [0.4, 0.5) is 10.1 Å². The highest BCUT2D eigenvalue weighted by Crippen LogP contribution is 2.61. The maximum absolute atomic E-state index is 13.9. The molecule has 7 nitrogen and oxygen atoms in total. The van der Waals surface area contributed by atoms with Crippen LogP contribution in [0.15, 0.2) is 24.3 Å². The summed E-state index contributed by atoms with van der Waals surface area (Å²) in [6.07, 6.45) is 9.74. The first-order valence-corrected chi connectivity index (χ1v) is 14.0. The Kier molecular flexibility index (Phi) is 6.31. The standard InChI is InChI=1S/C31H35FN4O3/c1-16-8-17(2)33-18(3)26(16)28-35-25(6-7-31-13-19-9-20(14-31)11-21(10-19)15-31)27(36-28)29(37)34-22-4-5-24(32)23(12-22)30(38)39/h4-5,8,12,19-21H,6-7,9-11,13-15H2,1-3H3,(H,34,37)(H,35,36)(H,38,39). The Labute approximate surface area is 227 Å². The van der Waals surface area contributed by atoms with Gasteiger partial charge in [-0.25, -0.2) is 14.2 Å². The number of carboxylic acid groups (broad SMARTS) is 1. The molecule has 0 unspecified atom stereocenters. The van der Waals surface area contributed by atoms with E-state index in [1.54, 1.807) is 0 Å². The molecule has 3 N–H and O–H groups in total. The number of hydrogen-bond donors (Lipinski definition) is 3. The molecule has 0 spiro atoms. The summed E-state index contributed by atoms with van der Waals surface area (Å²) >= 11 is 0. The zero-order chi connectivity index (χ0) is 27.5. The van der Waals surface area contributed by atoms with Gasteiger partial charge in [0.15, 0.2) is 0 Å². The second-order valence-electron chi connectivity index (χ2n) is 12.3. The number of nitrogens with zero attached hydrogens (tertiary/aromatic N) is 2. The van der Waals surface area contributed by atoms with E-state index in [9.17, 15) is 19.1 Å². The van der Waals surface area contributed by atoms with Crippen molar-refractivity contribution in [3.63, 3.8) is 0 Å². The Morgan fingerprint density at radius 1 is 1.05 bits per heavy atom. The predicted molar refractivity (Wildman–Crippen MR) is 146 cm³/mol. The van der Waals surface area contributed by atoms with Crippen molar-refractivity contribution in [1.82, 2.24) is 15.0 Å². The molecule has 0 saturated heterocycles. The third-order valence-corrected chi connectivity index (χ3v) is 9.28. The fourth-order valence-electron chi connectivity index (χ4n) is 8.22. The van der Waals surface area contributed by atoms with Crippen molar-refractivity contribution in [2.24, 2.45) is 23.2 Å². The lowest BCUT2D eigenvalue weighted by Gasteiger charge is -2.57. The average molecular weight is 531 g/mol. The van der Waals surface area contributed by atoms with Crippen LogP contribution in [-0.4, -0.2) is 31.9 Å². The molecule has 1 amide bonds. The van der Waals surface area contributed by atoms with Gasteiger partial charge in [-0.2, -0.15) is 0 Å². The van der Waals surface area contributed by atoms with E-state index in [-0.39, 0.29) is 11.4 Å². The first-order chi connectivity index (χ1) is 18.6. The number of halogens is 1. The van der Waals surface area contributed by atoms with Crippen LogP contribution in [0.3, 0.4) is 0 Å². The quantitative estimate of drug-likeness (QED) is 0.318. The molecule has 39 heavy (non-hydrogen) atoms. The number of carbonyl (C=O) groups excluding carboxylic acids is 1. The van der Waals surface area contributed by atoms with Crippen LogP contribution < -0.4 is 5.32 Å². The molecule has 0 aliphatic heterocycles. The van der Waals surface area contributed by atoms with Gasteiger partial charge < -0.3 is 15.4 Å². The van der Waals surface area contributed by atoms with E-state index in [2.05, 4.69) is 15.3 Å². The summed E-state index contributed by atoms with van der Waals surface area (Å²) in [5.74, 6) is 0.466. The third kappa shape index (κ3) is 4.85. The van der Waals surface area contributed by atoms with Gasteiger partial charge in [0.25, 0.3) is 5.91 Å². The number of carbonyl (C=O) groups is 2. The minimum Gasteiger partial charge on any atom is -0.478 e. The Hall–Kier alpha value is -3.55. The first kappa shape index (κ1) is 25.7. The van der Waals surface area contributed by atoms with E-state index in [1.807, 2.05) is 26.8 Å². The zero-order valence-corrected chi connectivity index (χ0v) is 22.7. The van der Waals surface area contributed by atoms with Crippen molar-refractivity contribution in [3.8, 4) is 11.4 Å². The molecule has 204 valence electrons. The number of aryl methyl sites for hydroxylation is 4. The number of aromatic carboxylic acids is 1. The van der Waals surface area contributed by atoms with Crippen molar-refractivity contribution < 1.29 is 19.1 Å². The van der Waals surface area contributed by atoms with Crippen LogP contribution in [0.25, 0.3) is 11.4 Å². The van der Waals surface area contributed by atoms with Crippen LogP contribution in [0.1, 0.15) is 88.4 Å². The third-order valence-electron chi connectivity index (χ3n) is 9.28. The smallest absolute Gasteiger partial charge is 0.338 e. The summed E-state index contributed by atoms with van der Waals surface area (Å²) in [7, 11) is 0.